The number of rotatable bonds is 5. The number of benzene rings is 2. The normalized spacial score (nSPS) is 12.9. The molecule has 1 aliphatic rings. The highest BCUT2D eigenvalue weighted by Gasteiger charge is 2.37. The largest absolute Gasteiger partial charge is 0.456 e. The number of hydrogen-bond acceptors (Lipinski definition) is 5. The van der Waals surface area contributed by atoms with Gasteiger partial charge in [0.15, 0.2) is 6.61 Å². The van der Waals surface area contributed by atoms with E-state index in [1.165, 1.54) is 12.1 Å². The number of ketones is 1. The topological polar surface area (TPSA) is 80.8 Å². The van der Waals surface area contributed by atoms with E-state index in [-0.39, 0.29) is 27.0 Å². The summed E-state index contributed by atoms with van der Waals surface area (Å²) in [7, 11) is 0. The molecule has 0 spiro atoms. The Balaban J connectivity index is 1.65. The molecule has 1 aliphatic heterocycles. The summed E-state index contributed by atoms with van der Waals surface area (Å²) in [5.74, 6) is -2.58. The minimum Gasteiger partial charge on any atom is -0.456 e. The highest BCUT2D eigenvalue weighted by Crippen LogP contribution is 2.31. The molecule has 0 N–H and O–H groups in total. The SMILES string of the molecule is Cc1ccc(C)c(C(=O)COC(=O)CN2C(=O)c3cc(Cl)c(Cl)cc3C2=O)c1. The summed E-state index contributed by atoms with van der Waals surface area (Å²) in [5.41, 5.74) is 2.26. The van der Waals surface area contributed by atoms with Gasteiger partial charge in [-0.25, -0.2) is 0 Å². The molecule has 2 aromatic carbocycles. The van der Waals surface area contributed by atoms with Crippen LogP contribution < -0.4 is 0 Å². The highest BCUT2D eigenvalue weighted by molar-refractivity contribution is 6.43. The van der Waals surface area contributed by atoms with Crippen molar-refractivity contribution in [1.82, 2.24) is 4.90 Å². The Hall–Kier alpha value is -2.70. The number of esters is 1. The fourth-order valence-electron chi connectivity index (χ4n) is 2.86. The van der Waals surface area contributed by atoms with Crippen molar-refractivity contribution in [3.8, 4) is 0 Å². The van der Waals surface area contributed by atoms with Crippen LogP contribution in [0.15, 0.2) is 30.3 Å². The van der Waals surface area contributed by atoms with Crippen molar-refractivity contribution >= 4 is 46.8 Å². The summed E-state index contributed by atoms with van der Waals surface area (Å²) in [6.45, 7) is 2.54. The number of amides is 2. The molecule has 2 amide bonds. The van der Waals surface area contributed by atoms with Gasteiger partial charge >= 0.3 is 5.97 Å². The Kier molecular flexibility index (Phi) is 5.54. The summed E-state index contributed by atoms with van der Waals surface area (Å²) in [6, 6.07) is 7.96. The first-order valence-corrected chi connectivity index (χ1v) is 9.06. The van der Waals surface area contributed by atoms with Crippen LogP contribution in [-0.2, 0) is 9.53 Å². The van der Waals surface area contributed by atoms with Gasteiger partial charge in [-0.1, -0.05) is 40.9 Å². The van der Waals surface area contributed by atoms with Crippen molar-refractivity contribution in [3.63, 3.8) is 0 Å². The first kappa shape index (κ1) is 20.0. The number of hydrogen-bond donors (Lipinski definition) is 0. The van der Waals surface area contributed by atoms with Gasteiger partial charge in [-0.3, -0.25) is 24.1 Å². The highest BCUT2D eigenvalue weighted by atomic mass is 35.5. The van der Waals surface area contributed by atoms with E-state index < -0.39 is 30.9 Å². The van der Waals surface area contributed by atoms with E-state index in [1.54, 1.807) is 19.1 Å². The second kappa shape index (κ2) is 7.73. The molecule has 0 saturated carbocycles. The van der Waals surface area contributed by atoms with Crippen molar-refractivity contribution in [2.75, 3.05) is 13.2 Å². The summed E-state index contributed by atoms with van der Waals surface area (Å²) in [5, 5.41) is 0.259. The van der Waals surface area contributed by atoms with Crippen LogP contribution >= 0.6 is 23.2 Å². The molecule has 0 aliphatic carbocycles. The van der Waals surface area contributed by atoms with Crippen molar-refractivity contribution in [2.45, 2.75) is 13.8 Å². The van der Waals surface area contributed by atoms with Gasteiger partial charge in [0.1, 0.15) is 6.54 Å². The summed E-state index contributed by atoms with van der Waals surface area (Å²) >= 11 is 11.8. The van der Waals surface area contributed by atoms with Gasteiger partial charge in [-0.15, -0.1) is 0 Å². The molecular formula is C20H15Cl2NO5. The minimum absolute atomic E-state index is 0.0682. The Morgan fingerprint density at radius 3 is 2.11 bits per heavy atom. The molecule has 8 heteroatoms. The molecule has 0 fully saturated rings. The lowest BCUT2D eigenvalue weighted by Crippen LogP contribution is -2.36. The quantitative estimate of drug-likeness (QED) is 0.419. The van der Waals surface area contributed by atoms with Gasteiger partial charge in [0.05, 0.1) is 21.2 Å². The van der Waals surface area contributed by atoms with Crippen LogP contribution in [0.2, 0.25) is 10.0 Å². The van der Waals surface area contributed by atoms with Crippen LogP contribution in [0.1, 0.15) is 42.2 Å². The van der Waals surface area contributed by atoms with Crippen LogP contribution in [0.25, 0.3) is 0 Å². The molecule has 0 radical (unpaired) electrons. The number of carbonyl (C=O) groups excluding carboxylic acids is 4. The molecule has 28 heavy (non-hydrogen) atoms. The van der Waals surface area contributed by atoms with Crippen molar-refractivity contribution < 1.29 is 23.9 Å². The number of ether oxygens (including phenoxy) is 1. The predicted octanol–water partition coefficient (Wildman–Crippen LogP) is 3.63. The monoisotopic (exact) mass is 419 g/mol. The molecule has 3 rings (SSSR count). The average molecular weight is 420 g/mol. The predicted molar refractivity (Wildman–Crippen MR) is 103 cm³/mol. The van der Waals surface area contributed by atoms with Gasteiger partial charge in [0, 0.05) is 5.56 Å². The number of halogens is 2. The Morgan fingerprint density at radius 2 is 1.54 bits per heavy atom. The lowest BCUT2D eigenvalue weighted by atomic mass is 10.0. The molecule has 0 saturated heterocycles. The van der Waals surface area contributed by atoms with Gasteiger partial charge < -0.3 is 4.74 Å². The third kappa shape index (κ3) is 3.79. The van der Waals surface area contributed by atoms with Crippen LogP contribution in [0.3, 0.4) is 0 Å². The van der Waals surface area contributed by atoms with E-state index >= 15 is 0 Å². The number of nitrogens with zero attached hydrogens (tertiary/aromatic N) is 1. The van der Waals surface area contributed by atoms with E-state index in [4.69, 9.17) is 27.9 Å². The maximum absolute atomic E-state index is 12.4. The third-order valence-electron chi connectivity index (χ3n) is 4.36. The maximum Gasteiger partial charge on any atom is 0.326 e. The maximum atomic E-state index is 12.4. The smallest absolute Gasteiger partial charge is 0.326 e. The summed E-state index contributed by atoms with van der Waals surface area (Å²) in [6.07, 6.45) is 0. The standard InChI is InChI=1S/C20H15Cl2NO5/c1-10-3-4-11(2)12(5-10)17(24)9-28-18(25)8-23-19(26)13-6-15(21)16(22)7-14(13)20(23)27/h3-7H,8-9H2,1-2H3. The number of carbonyl (C=O) groups is 4. The molecule has 1 heterocycles. The van der Waals surface area contributed by atoms with E-state index in [0.29, 0.717) is 5.56 Å². The molecular weight excluding hydrogens is 405 g/mol. The molecule has 2 aromatic rings. The zero-order valence-corrected chi connectivity index (χ0v) is 16.6. The zero-order chi connectivity index (χ0) is 20.6. The Morgan fingerprint density at radius 1 is 0.964 bits per heavy atom. The van der Waals surface area contributed by atoms with Crippen LogP contribution in [-0.4, -0.2) is 41.6 Å². The first-order chi connectivity index (χ1) is 13.2. The first-order valence-electron chi connectivity index (χ1n) is 8.30. The molecule has 0 atom stereocenters. The molecule has 6 nitrogen and oxygen atoms in total. The fraction of sp³-hybridized carbons (Fsp3) is 0.200. The minimum atomic E-state index is -0.870. The molecule has 0 unspecified atom stereocenters. The van der Waals surface area contributed by atoms with Gasteiger partial charge in [-0.05, 0) is 37.6 Å². The lowest BCUT2D eigenvalue weighted by molar-refractivity contribution is -0.142. The van der Waals surface area contributed by atoms with E-state index in [1.807, 2.05) is 13.0 Å². The van der Waals surface area contributed by atoms with Gasteiger partial charge in [0.25, 0.3) is 11.8 Å². The number of aryl methyl sites for hydroxylation is 2. The van der Waals surface area contributed by atoms with Crippen LogP contribution in [0, 0.1) is 13.8 Å². The van der Waals surface area contributed by atoms with E-state index in [0.717, 1.165) is 16.0 Å². The third-order valence-corrected chi connectivity index (χ3v) is 5.08. The fourth-order valence-corrected chi connectivity index (χ4v) is 3.19. The average Bonchev–Trinajstić information content (AvgIpc) is 2.86. The number of imide groups is 1. The van der Waals surface area contributed by atoms with Gasteiger partial charge in [-0.2, -0.15) is 0 Å². The Bertz CT molecular complexity index is 990. The molecule has 144 valence electrons. The van der Waals surface area contributed by atoms with E-state index in [9.17, 15) is 19.2 Å². The lowest BCUT2D eigenvalue weighted by Gasteiger charge is -2.13. The van der Waals surface area contributed by atoms with Crippen molar-refractivity contribution in [1.29, 1.82) is 0 Å². The second-order valence-corrected chi connectivity index (χ2v) is 7.22. The second-order valence-electron chi connectivity index (χ2n) is 6.41. The van der Waals surface area contributed by atoms with Crippen LogP contribution in [0.5, 0.6) is 0 Å². The van der Waals surface area contributed by atoms with Gasteiger partial charge in [0.2, 0.25) is 5.78 Å². The Labute approximate surface area is 171 Å². The van der Waals surface area contributed by atoms with Crippen molar-refractivity contribution in [3.05, 3.63) is 68.2 Å². The molecule has 0 aromatic heterocycles. The number of Topliss-reactive ketones (excluding diaryl/α,β-unsaturated/α-hetero) is 1. The van der Waals surface area contributed by atoms with E-state index in [2.05, 4.69) is 0 Å². The molecule has 0 bridgehead atoms. The number of fused-ring (bicyclic) bond motifs is 1. The zero-order valence-electron chi connectivity index (χ0n) is 15.0. The van der Waals surface area contributed by atoms with Crippen molar-refractivity contribution in [2.24, 2.45) is 0 Å². The van der Waals surface area contributed by atoms with Crippen LogP contribution in [0.4, 0.5) is 0 Å². The summed E-state index contributed by atoms with van der Waals surface area (Å²) in [4.78, 5) is 49.9. The summed E-state index contributed by atoms with van der Waals surface area (Å²) < 4.78 is 4.97.